The van der Waals surface area contributed by atoms with E-state index in [4.69, 9.17) is 0 Å². The van der Waals surface area contributed by atoms with E-state index >= 15 is 0 Å². The number of alkyl halides is 2. The average molecular weight is 147 g/mol. The molecule has 0 aromatic carbocycles. The molecule has 0 bridgehead atoms. The summed E-state index contributed by atoms with van der Waals surface area (Å²) in [6.07, 6.45) is -1.12. The Morgan fingerprint density at radius 1 is 1.30 bits per heavy atom. The fourth-order valence-electron chi connectivity index (χ4n) is 2.08. The maximum Gasteiger partial charge on any atom is 0.242 e. The SMILES string of the molecule is FC(F)C1C2CCNCC21. The first kappa shape index (κ1) is 6.53. The molecule has 2 aliphatic rings. The van der Waals surface area contributed by atoms with E-state index in [0.29, 0.717) is 11.8 Å². The Balaban J connectivity index is 1.93. The Morgan fingerprint density at radius 2 is 2.10 bits per heavy atom. The first-order valence-corrected chi connectivity index (χ1v) is 3.79. The van der Waals surface area contributed by atoms with Crippen molar-refractivity contribution < 1.29 is 8.78 Å². The third kappa shape index (κ3) is 0.839. The molecule has 0 spiro atoms. The van der Waals surface area contributed by atoms with Gasteiger partial charge in [0.15, 0.2) is 0 Å². The summed E-state index contributed by atoms with van der Waals surface area (Å²) in [5, 5.41) is 3.13. The smallest absolute Gasteiger partial charge is 0.242 e. The minimum atomic E-state index is -2.07. The third-order valence-electron chi connectivity index (χ3n) is 2.72. The van der Waals surface area contributed by atoms with Crippen LogP contribution in [-0.4, -0.2) is 19.5 Å². The molecule has 3 unspecified atom stereocenters. The number of piperidine rings is 1. The van der Waals surface area contributed by atoms with E-state index in [2.05, 4.69) is 5.32 Å². The molecule has 1 nitrogen and oxygen atoms in total. The van der Waals surface area contributed by atoms with Gasteiger partial charge in [0, 0.05) is 5.92 Å². The van der Waals surface area contributed by atoms with E-state index in [1.54, 1.807) is 0 Å². The van der Waals surface area contributed by atoms with Crippen LogP contribution in [0.3, 0.4) is 0 Å². The van der Waals surface area contributed by atoms with Crippen LogP contribution in [-0.2, 0) is 0 Å². The molecule has 1 aliphatic carbocycles. The first-order valence-electron chi connectivity index (χ1n) is 3.79. The van der Waals surface area contributed by atoms with Crippen LogP contribution in [0.1, 0.15) is 6.42 Å². The molecule has 3 heteroatoms. The summed E-state index contributed by atoms with van der Waals surface area (Å²) in [7, 11) is 0. The second-order valence-electron chi connectivity index (χ2n) is 3.23. The van der Waals surface area contributed by atoms with Gasteiger partial charge in [-0.15, -0.1) is 0 Å². The number of rotatable bonds is 1. The quantitative estimate of drug-likeness (QED) is 0.585. The van der Waals surface area contributed by atoms with E-state index in [9.17, 15) is 8.78 Å². The van der Waals surface area contributed by atoms with Gasteiger partial charge in [-0.25, -0.2) is 8.78 Å². The fourth-order valence-corrected chi connectivity index (χ4v) is 2.08. The molecule has 0 amide bonds. The summed E-state index contributed by atoms with van der Waals surface area (Å²) in [6, 6.07) is 0. The van der Waals surface area contributed by atoms with Crippen LogP contribution in [0.4, 0.5) is 8.78 Å². The van der Waals surface area contributed by atoms with Gasteiger partial charge in [-0.1, -0.05) is 0 Å². The molecule has 1 saturated carbocycles. The largest absolute Gasteiger partial charge is 0.316 e. The van der Waals surface area contributed by atoms with E-state index in [0.717, 1.165) is 19.5 Å². The average Bonchev–Trinajstić information content (AvgIpc) is 2.60. The van der Waals surface area contributed by atoms with Crippen molar-refractivity contribution in [2.24, 2.45) is 17.8 Å². The van der Waals surface area contributed by atoms with Gasteiger partial charge in [0.1, 0.15) is 0 Å². The van der Waals surface area contributed by atoms with Crippen LogP contribution in [0.5, 0.6) is 0 Å². The van der Waals surface area contributed by atoms with Crippen LogP contribution < -0.4 is 5.32 Å². The van der Waals surface area contributed by atoms with Gasteiger partial charge in [0.05, 0.1) is 0 Å². The molecule has 1 saturated heterocycles. The Kier molecular flexibility index (Phi) is 1.41. The van der Waals surface area contributed by atoms with Crippen LogP contribution >= 0.6 is 0 Å². The first-order chi connectivity index (χ1) is 4.80. The normalized spacial score (nSPS) is 45.3. The second-order valence-corrected chi connectivity index (χ2v) is 3.23. The molecule has 3 atom stereocenters. The lowest BCUT2D eigenvalue weighted by molar-refractivity contribution is 0.112. The van der Waals surface area contributed by atoms with Crippen molar-refractivity contribution in [2.75, 3.05) is 13.1 Å². The molecule has 10 heavy (non-hydrogen) atoms. The molecule has 0 aromatic rings. The topological polar surface area (TPSA) is 12.0 Å². The predicted molar refractivity (Wildman–Crippen MR) is 34.0 cm³/mol. The van der Waals surface area contributed by atoms with Crippen molar-refractivity contribution in [1.82, 2.24) is 5.32 Å². The van der Waals surface area contributed by atoms with Gasteiger partial charge in [0.25, 0.3) is 0 Å². The van der Waals surface area contributed by atoms with E-state index in [-0.39, 0.29) is 5.92 Å². The number of hydrogen-bond acceptors (Lipinski definition) is 1. The molecule has 2 rings (SSSR count). The standard InChI is InChI=1S/C7H11F2N/c8-7(9)6-4-1-2-10-3-5(4)6/h4-7,10H,1-3H2. The monoisotopic (exact) mass is 147 g/mol. The van der Waals surface area contributed by atoms with Gasteiger partial charge in [0.2, 0.25) is 6.43 Å². The maximum absolute atomic E-state index is 12.1. The van der Waals surface area contributed by atoms with Crippen molar-refractivity contribution in [3.8, 4) is 0 Å². The molecule has 1 N–H and O–H groups in total. The molecule has 0 aromatic heterocycles. The van der Waals surface area contributed by atoms with Gasteiger partial charge < -0.3 is 5.32 Å². The second kappa shape index (κ2) is 2.16. The highest BCUT2D eigenvalue weighted by Crippen LogP contribution is 2.52. The number of halogens is 2. The van der Waals surface area contributed by atoms with Gasteiger partial charge in [-0.3, -0.25) is 0 Å². The highest BCUT2D eigenvalue weighted by molar-refractivity contribution is 5.01. The van der Waals surface area contributed by atoms with Crippen molar-refractivity contribution in [2.45, 2.75) is 12.8 Å². The molecular formula is C7H11F2N. The summed E-state index contributed by atoms with van der Waals surface area (Å²) in [5.74, 6) is 0.380. The van der Waals surface area contributed by atoms with Crippen LogP contribution in [0, 0.1) is 17.8 Å². The fraction of sp³-hybridized carbons (Fsp3) is 1.00. The molecule has 2 fully saturated rings. The summed E-state index contributed by atoms with van der Waals surface area (Å²) >= 11 is 0. The van der Waals surface area contributed by atoms with Gasteiger partial charge in [-0.05, 0) is 31.3 Å². The van der Waals surface area contributed by atoms with Crippen LogP contribution in [0.2, 0.25) is 0 Å². The van der Waals surface area contributed by atoms with E-state index < -0.39 is 6.43 Å². The van der Waals surface area contributed by atoms with E-state index in [1.165, 1.54) is 0 Å². The Labute approximate surface area is 58.8 Å². The number of fused-ring (bicyclic) bond motifs is 1. The number of hydrogen-bond donors (Lipinski definition) is 1. The lowest BCUT2D eigenvalue weighted by Gasteiger charge is -2.07. The third-order valence-corrected chi connectivity index (χ3v) is 2.72. The Morgan fingerprint density at radius 3 is 2.60 bits per heavy atom. The minimum absolute atomic E-state index is 0.269. The number of nitrogens with one attached hydrogen (secondary N) is 1. The summed E-state index contributed by atoms with van der Waals surface area (Å²) < 4.78 is 24.2. The van der Waals surface area contributed by atoms with Gasteiger partial charge >= 0.3 is 0 Å². The molecule has 1 heterocycles. The lowest BCUT2D eigenvalue weighted by Crippen LogP contribution is -2.23. The van der Waals surface area contributed by atoms with Crippen molar-refractivity contribution in [1.29, 1.82) is 0 Å². The molecular weight excluding hydrogens is 136 g/mol. The summed E-state index contributed by atoms with van der Waals surface area (Å²) in [5.41, 5.74) is 0. The Bertz CT molecular complexity index is 126. The summed E-state index contributed by atoms with van der Waals surface area (Å²) in [6.45, 7) is 1.75. The summed E-state index contributed by atoms with van der Waals surface area (Å²) in [4.78, 5) is 0. The zero-order chi connectivity index (χ0) is 7.14. The molecule has 58 valence electrons. The van der Waals surface area contributed by atoms with E-state index in [1.807, 2.05) is 0 Å². The van der Waals surface area contributed by atoms with Crippen LogP contribution in [0.25, 0.3) is 0 Å². The molecule has 0 radical (unpaired) electrons. The van der Waals surface area contributed by atoms with Crippen LogP contribution in [0.15, 0.2) is 0 Å². The highest BCUT2D eigenvalue weighted by Gasteiger charge is 2.55. The predicted octanol–water partition coefficient (Wildman–Crippen LogP) is 1.11. The Hall–Kier alpha value is -0.180. The zero-order valence-electron chi connectivity index (χ0n) is 5.69. The molecule has 1 aliphatic heterocycles. The van der Waals surface area contributed by atoms with Crippen molar-refractivity contribution >= 4 is 0 Å². The zero-order valence-corrected chi connectivity index (χ0v) is 5.69. The highest BCUT2D eigenvalue weighted by atomic mass is 19.3. The van der Waals surface area contributed by atoms with Crippen molar-refractivity contribution in [3.05, 3.63) is 0 Å². The van der Waals surface area contributed by atoms with Gasteiger partial charge in [-0.2, -0.15) is 0 Å². The minimum Gasteiger partial charge on any atom is -0.316 e. The maximum atomic E-state index is 12.1. The lowest BCUT2D eigenvalue weighted by atomic mass is 10.2. The van der Waals surface area contributed by atoms with Crippen molar-refractivity contribution in [3.63, 3.8) is 0 Å².